The van der Waals surface area contributed by atoms with Gasteiger partial charge in [-0.3, -0.25) is 9.59 Å². The Labute approximate surface area is 152 Å². The number of carbonyl (C=O) groups excluding carboxylic acids is 2. The standard InChI is InChI=1S/C19H20N2O4S/c1-3-14-6-4-5-7-17(14)20-18(22)15-8-10-16(11-9-15)21-19(23)13(2)12-26(21,24)25/h4-11,13H,3,12H2,1-2H3,(H,20,22). The molecule has 1 heterocycles. The molecule has 1 saturated heterocycles. The van der Waals surface area contributed by atoms with Crippen molar-refractivity contribution in [2.45, 2.75) is 20.3 Å². The Balaban J connectivity index is 1.82. The maximum Gasteiger partial charge on any atom is 0.255 e. The van der Waals surface area contributed by atoms with E-state index in [9.17, 15) is 18.0 Å². The van der Waals surface area contributed by atoms with E-state index < -0.39 is 21.8 Å². The highest BCUT2D eigenvalue weighted by atomic mass is 32.2. The van der Waals surface area contributed by atoms with Crippen molar-refractivity contribution < 1.29 is 18.0 Å². The highest BCUT2D eigenvalue weighted by molar-refractivity contribution is 7.94. The molecule has 0 aromatic heterocycles. The maximum atomic E-state index is 12.4. The molecule has 0 spiro atoms. The molecule has 1 fully saturated rings. The number of hydrogen-bond donors (Lipinski definition) is 1. The second kappa shape index (κ2) is 6.92. The average molecular weight is 372 g/mol. The first kappa shape index (κ1) is 18.1. The molecule has 1 N–H and O–H groups in total. The van der Waals surface area contributed by atoms with Crippen LogP contribution in [0, 0.1) is 5.92 Å². The van der Waals surface area contributed by atoms with Crippen molar-refractivity contribution >= 4 is 33.2 Å². The van der Waals surface area contributed by atoms with Gasteiger partial charge >= 0.3 is 0 Å². The minimum Gasteiger partial charge on any atom is -0.322 e. The number of hydrogen-bond acceptors (Lipinski definition) is 4. The smallest absolute Gasteiger partial charge is 0.255 e. The lowest BCUT2D eigenvalue weighted by molar-refractivity contribution is -0.119. The molecule has 136 valence electrons. The van der Waals surface area contributed by atoms with Crippen LogP contribution in [0.2, 0.25) is 0 Å². The Morgan fingerprint density at radius 1 is 1.15 bits per heavy atom. The van der Waals surface area contributed by atoms with E-state index in [0.29, 0.717) is 5.56 Å². The van der Waals surface area contributed by atoms with Crippen LogP contribution >= 0.6 is 0 Å². The summed E-state index contributed by atoms with van der Waals surface area (Å²) in [6.45, 7) is 3.60. The molecule has 7 heteroatoms. The third-order valence-corrected chi connectivity index (χ3v) is 6.24. The van der Waals surface area contributed by atoms with Gasteiger partial charge in [0.05, 0.1) is 17.4 Å². The second-order valence-corrected chi connectivity index (χ2v) is 8.16. The highest BCUT2D eigenvalue weighted by Gasteiger charge is 2.41. The topological polar surface area (TPSA) is 83.6 Å². The highest BCUT2D eigenvalue weighted by Crippen LogP contribution is 2.28. The Kier molecular flexibility index (Phi) is 4.82. The van der Waals surface area contributed by atoms with Crippen molar-refractivity contribution in [3.8, 4) is 0 Å². The third-order valence-electron chi connectivity index (χ3n) is 4.37. The number of amides is 2. The number of rotatable bonds is 4. The minimum atomic E-state index is -3.65. The van der Waals surface area contributed by atoms with Crippen LogP contribution < -0.4 is 9.62 Å². The van der Waals surface area contributed by atoms with E-state index in [0.717, 1.165) is 22.0 Å². The van der Waals surface area contributed by atoms with Gasteiger partial charge in [0.2, 0.25) is 15.9 Å². The van der Waals surface area contributed by atoms with Gasteiger partial charge in [-0.25, -0.2) is 12.7 Å². The number of nitrogens with one attached hydrogen (secondary N) is 1. The molecule has 1 unspecified atom stereocenters. The fourth-order valence-electron chi connectivity index (χ4n) is 2.98. The van der Waals surface area contributed by atoms with Gasteiger partial charge in [0.1, 0.15) is 0 Å². The molecule has 26 heavy (non-hydrogen) atoms. The zero-order chi connectivity index (χ0) is 18.9. The van der Waals surface area contributed by atoms with Gasteiger partial charge in [0, 0.05) is 11.3 Å². The molecule has 6 nitrogen and oxygen atoms in total. The van der Waals surface area contributed by atoms with Gasteiger partial charge in [-0.05, 0) is 42.3 Å². The van der Waals surface area contributed by atoms with E-state index in [1.165, 1.54) is 24.3 Å². The molecule has 0 radical (unpaired) electrons. The number of nitrogens with zero attached hydrogens (tertiary/aromatic N) is 1. The summed E-state index contributed by atoms with van der Waals surface area (Å²) in [5.74, 6) is -1.49. The quantitative estimate of drug-likeness (QED) is 0.894. The van der Waals surface area contributed by atoms with E-state index in [1.807, 2.05) is 31.2 Å². The molecule has 2 aromatic carbocycles. The third kappa shape index (κ3) is 3.35. The zero-order valence-corrected chi connectivity index (χ0v) is 15.4. The number of carbonyl (C=O) groups is 2. The van der Waals surface area contributed by atoms with E-state index in [4.69, 9.17) is 0 Å². The second-order valence-electron chi connectivity index (χ2n) is 6.29. The summed E-state index contributed by atoms with van der Waals surface area (Å²) in [5.41, 5.74) is 2.41. The summed E-state index contributed by atoms with van der Waals surface area (Å²) >= 11 is 0. The minimum absolute atomic E-state index is 0.193. The van der Waals surface area contributed by atoms with Crippen molar-refractivity contribution in [3.05, 3.63) is 59.7 Å². The van der Waals surface area contributed by atoms with Crippen LogP contribution in [0.5, 0.6) is 0 Å². The van der Waals surface area contributed by atoms with Gasteiger partial charge in [0.25, 0.3) is 5.91 Å². The van der Waals surface area contributed by atoms with Gasteiger partial charge in [-0.2, -0.15) is 0 Å². The number of aryl methyl sites for hydroxylation is 1. The Morgan fingerprint density at radius 2 is 1.81 bits per heavy atom. The van der Waals surface area contributed by atoms with Gasteiger partial charge in [-0.15, -0.1) is 0 Å². The van der Waals surface area contributed by atoms with Crippen molar-refractivity contribution in [1.29, 1.82) is 0 Å². The summed E-state index contributed by atoms with van der Waals surface area (Å²) in [6, 6.07) is 13.5. The zero-order valence-electron chi connectivity index (χ0n) is 14.6. The van der Waals surface area contributed by atoms with E-state index >= 15 is 0 Å². The normalized spacial score (nSPS) is 18.8. The first-order valence-electron chi connectivity index (χ1n) is 8.39. The van der Waals surface area contributed by atoms with Crippen molar-refractivity contribution in [2.24, 2.45) is 5.92 Å². The first-order valence-corrected chi connectivity index (χ1v) is 10.0. The van der Waals surface area contributed by atoms with Crippen molar-refractivity contribution in [3.63, 3.8) is 0 Å². The summed E-state index contributed by atoms with van der Waals surface area (Å²) < 4.78 is 25.1. The summed E-state index contributed by atoms with van der Waals surface area (Å²) in [4.78, 5) is 24.6. The number of para-hydroxylation sites is 1. The first-order chi connectivity index (χ1) is 12.3. The van der Waals surface area contributed by atoms with Crippen LogP contribution in [-0.4, -0.2) is 26.0 Å². The Bertz CT molecular complexity index is 952. The fraction of sp³-hybridized carbons (Fsp3) is 0.263. The maximum absolute atomic E-state index is 12.4. The predicted molar refractivity (Wildman–Crippen MR) is 101 cm³/mol. The van der Waals surface area contributed by atoms with Crippen LogP contribution in [0.4, 0.5) is 11.4 Å². The summed E-state index contributed by atoms with van der Waals surface area (Å²) in [7, 11) is -3.65. The predicted octanol–water partition coefficient (Wildman–Crippen LogP) is 2.81. The fourth-order valence-corrected chi connectivity index (χ4v) is 4.80. The van der Waals surface area contributed by atoms with Crippen LogP contribution in [0.25, 0.3) is 0 Å². The number of sulfonamides is 1. The van der Waals surface area contributed by atoms with Gasteiger partial charge < -0.3 is 5.32 Å². The average Bonchev–Trinajstić information content (AvgIpc) is 2.82. The van der Waals surface area contributed by atoms with Gasteiger partial charge in [0.15, 0.2) is 0 Å². The molecular formula is C19H20N2O4S. The molecular weight excluding hydrogens is 352 g/mol. The molecule has 0 saturated carbocycles. The molecule has 1 aliphatic heterocycles. The van der Waals surface area contributed by atoms with E-state index in [1.54, 1.807) is 6.92 Å². The molecule has 1 atom stereocenters. The molecule has 2 amide bonds. The monoisotopic (exact) mass is 372 g/mol. The lowest BCUT2D eigenvalue weighted by Crippen LogP contribution is -2.30. The molecule has 0 bridgehead atoms. The van der Waals surface area contributed by atoms with Crippen LogP contribution in [0.3, 0.4) is 0 Å². The molecule has 2 aromatic rings. The Hall–Kier alpha value is -2.67. The van der Waals surface area contributed by atoms with E-state index in [2.05, 4.69) is 5.32 Å². The molecule has 1 aliphatic rings. The SMILES string of the molecule is CCc1ccccc1NC(=O)c1ccc(N2C(=O)C(C)CS2(=O)=O)cc1. The number of benzene rings is 2. The van der Waals surface area contributed by atoms with Crippen LogP contribution in [0.15, 0.2) is 48.5 Å². The largest absolute Gasteiger partial charge is 0.322 e. The number of anilines is 2. The molecule has 0 aliphatic carbocycles. The molecule has 3 rings (SSSR count). The summed E-state index contributed by atoms with van der Waals surface area (Å²) in [5, 5.41) is 2.86. The lowest BCUT2D eigenvalue weighted by atomic mass is 10.1. The van der Waals surface area contributed by atoms with Crippen molar-refractivity contribution in [1.82, 2.24) is 0 Å². The lowest BCUT2D eigenvalue weighted by Gasteiger charge is -2.15. The Morgan fingerprint density at radius 3 is 2.38 bits per heavy atom. The van der Waals surface area contributed by atoms with Crippen LogP contribution in [0.1, 0.15) is 29.8 Å². The van der Waals surface area contributed by atoms with Crippen molar-refractivity contribution in [2.75, 3.05) is 15.4 Å². The van der Waals surface area contributed by atoms with E-state index in [-0.39, 0.29) is 17.3 Å². The summed E-state index contributed by atoms with van der Waals surface area (Å²) in [6.07, 6.45) is 0.794. The van der Waals surface area contributed by atoms with Crippen LogP contribution in [-0.2, 0) is 21.2 Å². The van der Waals surface area contributed by atoms with Gasteiger partial charge in [-0.1, -0.05) is 32.0 Å².